The second kappa shape index (κ2) is 1.19. The van der Waals surface area contributed by atoms with Crippen molar-refractivity contribution < 1.29 is 4.39 Å². The van der Waals surface area contributed by atoms with Gasteiger partial charge < -0.3 is 5.73 Å². The number of rotatable bonds is 0. The second-order valence-electron chi connectivity index (χ2n) is 1.83. The van der Waals surface area contributed by atoms with Crippen molar-refractivity contribution in [2.45, 2.75) is 25.1 Å². The van der Waals surface area contributed by atoms with Gasteiger partial charge >= 0.3 is 0 Å². The van der Waals surface area contributed by atoms with Crippen LogP contribution < -0.4 is 5.73 Å². The Morgan fingerprint density at radius 2 is 2.00 bits per heavy atom. The van der Waals surface area contributed by atoms with Crippen LogP contribution in [0.1, 0.15) is 12.8 Å². The molecule has 0 radical (unpaired) electrons. The molecule has 2 heteroatoms. The van der Waals surface area contributed by atoms with Crippen LogP contribution in [0.15, 0.2) is 0 Å². The number of hydrogen-bond donors (Lipinski definition) is 1. The van der Waals surface area contributed by atoms with Gasteiger partial charge in [-0.05, 0) is 12.8 Å². The van der Waals surface area contributed by atoms with Crippen LogP contribution in [-0.2, 0) is 0 Å². The van der Waals surface area contributed by atoms with Crippen molar-refractivity contribution in [3.8, 4) is 0 Å². The molecule has 0 atom stereocenters. The van der Waals surface area contributed by atoms with Gasteiger partial charge in [-0.1, -0.05) is 0 Å². The summed E-state index contributed by atoms with van der Waals surface area (Å²) in [6.45, 7) is 0. The van der Waals surface area contributed by atoms with Gasteiger partial charge in [0, 0.05) is 6.04 Å². The molecule has 1 aliphatic rings. The van der Waals surface area contributed by atoms with Gasteiger partial charge in [0.1, 0.15) is 6.17 Å². The lowest BCUT2D eigenvalue weighted by atomic mass is 9.92. The molecule has 0 bridgehead atoms. The predicted octanol–water partition coefficient (Wildman–Crippen LogP) is 0.446. The molecule has 36 valence electrons. The summed E-state index contributed by atoms with van der Waals surface area (Å²) in [6, 6.07) is 0.167. The Labute approximate surface area is 36.3 Å². The normalized spacial score (nSPS) is 45.0. The molecule has 0 spiro atoms. The van der Waals surface area contributed by atoms with E-state index < -0.39 is 6.17 Å². The second-order valence-corrected chi connectivity index (χ2v) is 1.83. The highest BCUT2D eigenvalue weighted by Gasteiger charge is 2.24. The van der Waals surface area contributed by atoms with Gasteiger partial charge in [-0.15, -0.1) is 0 Å². The van der Waals surface area contributed by atoms with E-state index in [1.54, 1.807) is 0 Å². The van der Waals surface area contributed by atoms with E-state index in [4.69, 9.17) is 5.73 Å². The minimum atomic E-state index is -0.583. The first kappa shape index (κ1) is 4.06. The van der Waals surface area contributed by atoms with Gasteiger partial charge in [-0.2, -0.15) is 0 Å². The zero-order valence-electron chi connectivity index (χ0n) is 3.52. The lowest BCUT2D eigenvalue weighted by Gasteiger charge is -2.24. The number of halogens is 1. The van der Waals surface area contributed by atoms with Gasteiger partial charge in [0.2, 0.25) is 0 Å². The maximum Gasteiger partial charge on any atom is 0.103 e. The Hall–Kier alpha value is -0.110. The molecule has 1 fully saturated rings. The van der Waals surface area contributed by atoms with Crippen molar-refractivity contribution >= 4 is 0 Å². The minimum absolute atomic E-state index is 0.167. The van der Waals surface area contributed by atoms with Crippen LogP contribution in [0.2, 0.25) is 0 Å². The monoisotopic (exact) mass is 89.1 g/mol. The Morgan fingerprint density at radius 1 is 1.50 bits per heavy atom. The van der Waals surface area contributed by atoms with Crippen molar-refractivity contribution in [2.75, 3.05) is 0 Å². The lowest BCUT2D eigenvalue weighted by molar-refractivity contribution is 0.181. The van der Waals surface area contributed by atoms with Crippen LogP contribution >= 0.6 is 0 Å². The highest BCUT2D eigenvalue weighted by atomic mass is 19.1. The van der Waals surface area contributed by atoms with Crippen molar-refractivity contribution in [3.05, 3.63) is 0 Å². The van der Waals surface area contributed by atoms with Crippen LogP contribution in [0.5, 0.6) is 0 Å². The molecule has 0 heterocycles. The Balaban J connectivity index is 2.11. The zero-order valence-corrected chi connectivity index (χ0v) is 3.52. The molecule has 0 aromatic heterocycles. The summed E-state index contributed by atoms with van der Waals surface area (Å²) >= 11 is 0. The highest BCUT2D eigenvalue weighted by Crippen LogP contribution is 2.20. The average molecular weight is 89.1 g/mol. The maximum absolute atomic E-state index is 11.7. The largest absolute Gasteiger partial charge is 0.327 e. The van der Waals surface area contributed by atoms with Crippen LogP contribution in [0.25, 0.3) is 0 Å². The first-order valence-electron chi connectivity index (χ1n) is 2.18. The van der Waals surface area contributed by atoms with Crippen LogP contribution in [0.3, 0.4) is 0 Å². The summed E-state index contributed by atoms with van der Waals surface area (Å²) in [7, 11) is 0. The maximum atomic E-state index is 11.7. The van der Waals surface area contributed by atoms with E-state index in [0.29, 0.717) is 12.8 Å². The van der Waals surface area contributed by atoms with Gasteiger partial charge in [0.05, 0.1) is 0 Å². The standard InChI is InChI=1S/C4H8FN/c5-3-1-4(6)2-3/h3-4H,1-2,6H2. The third kappa shape index (κ3) is 0.522. The smallest absolute Gasteiger partial charge is 0.103 e. The van der Waals surface area contributed by atoms with Gasteiger partial charge in [0.15, 0.2) is 0 Å². The predicted molar refractivity (Wildman–Crippen MR) is 22.1 cm³/mol. The third-order valence-corrected chi connectivity index (χ3v) is 1.12. The van der Waals surface area contributed by atoms with Gasteiger partial charge in [-0.3, -0.25) is 0 Å². The molecule has 1 rings (SSSR count). The SMILES string of the molecule is NC1CC(F)C1. The summed E-state index contributed by atoms with van der Waals surface area (Å²) in [4.78, 5) is 0. The lowest BCUT2D eigenvalue weighted by Crippen LogP contribution is -2.37. The fourth-order valence-corrected chi connectivity index (χ4v) is 0.588. The molecule has 1 aliphatic carbocycles. The van der Waals surface area contributed by atoms with E-state index in [-0.39, 0.29) is 6.04 Å². The number of nitrogens with two attached hydrogens (primary N) is 1. The van der Waals surface area contributed by atoms with E-state index >= 15 is 0 Å². The molecule has 0 aliphatic heterocycles. The molecule has 1 nitrogen and oxygen atoms in total. The molecular weight excluding hydrogens is 81.0 g/mol. The highest BCUT2D eigenvalue weighted by molar-refractivity contribution is 4.81. The molecule has 0 aromatic carbocycles. The van der Waals surface area contributed by atoms with Crippen LogP contribution in [0, 0.1) is 0 Å². The molecule has 0 unspecified atom stereocenters. The summed E-state index contributed by atoms with van der Waals surface area (Å²) in [5, 5.41) is 0. The molecule has 0 saturated heterocycles. The van der Waals surface area contributed by atoms with Crippen molar-refractivity contribution in [3.63, 3.8) is 0 Å². The zero-order chi connectivity index (χ0) is 4.57. The number of hydrogen-bond acceptors (Lipinski definition) is 1. The molecule has 6 heavy (non-hydrogen) atoms. The molecule has 1 saturated carbocycles. The van der Waals surface area contributed by atoms with E-state index in [0.717, 1.165) is 0 Å². The summed E-state index contributed by atoms with van der Waals surface area (Å²) in [6.07, 6.45) is 0.583. The Bertz CT molecular complexity index is 43.5. The fourth-order valence-electron chi connectivity index (χ4n) is 0.588. The topological polar surface area (TPSA) is 26.0 Å². The van der Waals surface area contributed by atoms with E-state index in [1.807, 2.05) is 0 Å². The Kier molecular flexibility index (Phi) is 0.804. The molecule has 0 amide bonds. The average Bonchev–Trinajstić information content (AvgIpc) is 1.33. The number of alkyl halides is 1. The van der Waals surface area contributed by atoms with Crippen LogP contribution in [-0.4, -0.2) is 12.2 Å². The molecule has 0 aromatic rings. The summed E-state index contributed by atoms with van der Waals surface area (Å²) in [5.74, 6) is 0. The quantitative estimate of drug-likeness (QED) is 0.458. The summed E-state index contributed by atoms with van der Waals surface area (Å²) < 4.78 is 11.7. The molecule has 2 N–H and O–H groups in total. The van der Waals surface area contributed by atoms with Gasteiger partial charge in [0.25, 0.3) is 0 Å². The minimum Gasteiger partial charge on any atom is -0.327 e. The van der Waals surface area contributed by atoms with E-state index in [9.17, 15) is 4.39 Å². The Morgan fingerprint density at radius 3 is 2.00 bits per heavy atom. The first-order chi connectivity index (χ1) is 2.79. The third-order valence-electron chi connectivity index (χ3n) is 1.12. The molecular formula is C4H8FN. The fraction of sp³-hybridized carbons (Fsp3) is 1.00. The van der Waals surface area contributed by atoms with Crippen LogP contribution in [0.4, 0.5) is 4.39 Å². The van der Waals surface area contributed by atoms with Crippen molar-refractivity contribution in [1.29, 1.82) is 0 Å². The van der Waals surface area contributed by atoms with Crippen molar-refractivity contribution in [2.24, 2.45) is 5.73 Å². The van der Waals surface area contributed by atoms with Crippen molar-refractivity contribution in [1.82, 2.24) is 0 Å². The van der Waals surface area contributed by atoms with E-state index in [2.05, 4.69) is 0 Å². The van der Waals surface area contributed by atoms with E-state index in [1.165, 1.54) is 0 Å². The first-order valence-corrected chi connectivity index (χ1v) is 2.18. The summed E-state index contributed by atoms with van der Waals surface area (Å²) in [5.41, 5.74) is 5.23. The van der Waals surface area contributed by atoms with Gasteiger partial charge in [-0.25, -0.2) is 4.39 Å².